The van der Waals surface area contributed by atoms with E-state index in [4.69, 9.17) is 4.74 Å². The van der Waals surface area contributed by atoms with Crippen molar-refractivity contribution in [3.63, 3.8) is 0 Å². The molecule has 2 fully saturated rings. The van der Waals surface area contributed by atoms with Crippen molar-refractivity contribution in [1.29, 1.82) is 0 Å². The van der Waals surface area contributed by atoms with E-state index in [0.29, 0.717) is 11.7 Å². The summed E-state index contributed by atoms with van der Waals surface area (Å²) in [4.78, 5) is 22.4. The van der Waals surface area contributed by atoms with Crippen molar-refractivity contribution in [2.75, 3.05) is 69.3 Å². The van der Waals surface area contributed by atoms with E-state index in [0.717, 1.165) is 74.7 Å². The lowest BCUT2D eigenvalue weighted by Gasteiger charge is -2.37. The van der Waals surface area contributed by atoms with Gasteiger partial charge in [0.15, 0.2) is 11.5 Å². The maximum atomic E-state index is 13.4. The molecule has 2 aliphatic heterocycles. The molecule has 0 bridgehead atoms. The molecular weight excluding hydrogens is 440 g/mol. The first-order valence-electron chi connectivity index (χ1n) is 12.5. The van der Waals surface area contributed by atoms with E-state index in [9.17, 15) is 4.79 Å². The average molecular weight is 475 g/mol. The second-order valence-electron chi connectivity index (χ2n) is 9.52. The Bertz CT molecular complexity index is 1180. The van der Waals surface area contributed by atoms with Gasteiger partial charge in [-0.05, 0) is 26.0 Å². The summed E-state index contributed by atoms with van der Waals surface area (Å²) in [5.74, 6) is 1.70. The molecule has 3 heterocycles. The lowest BCUT2D eigenvalue weighted by atomic mass is 10.1. The molecule has 0 unspecified atom stereocenters. The standard InChI is InChI=1S/C27H34N6O2/c1-20(2)30-11-17-33(18-12-30)27(34)25-23-9-4-5-10-24(23)26(29-28-25)32-15-13-31(14-16-32)21-7-6-8-22(19-21)35-3/h4-10,19-20H,11-18H2,1-3H3. The summed E-state index contributed by atoms with van der Waals surface area (Å²) < 4.78 is 5.39. The number of fused-ring (bicyclic) bond motifs is 1. The van der Waals surface area contributed by atoms with Gasteiger partial charge in [-0.15, -0.1) is 10.2 Å². The molecule has 0 aliphatic carbocycles. The number of hydrogen-bond acceptors (Lipinski definition) is 7. The minimum absolute atomic E-state index is 0.0218. The van der Waals surface area contributed by atoms with Gasteiger partial charge in [0.2, 0.25) is 0 Å². The number of carbonyl (C=O) groups excluding carboxylic acids is 1. The number of aromatic nitrogens is 2. The number of methoxy groups -OCH3 is 1. The van der Waals surface area contributed by atoms with Crippen LogP contribution in [-0.2, 0) is 0 Å². The van der Waals surface area contributed by atoms with Crippen LogP contribution in [0.1, 0.15) is 24.3 Å². The molecule has 8 nitrogen and oxygen atoms in total. The lowest BCUT2D eigenvalue weighted by molar-refractivity contribution is 0.0591. The molecule has 1 aromatic heterocycles. The normalized spacial score (nSPS) is 17.3. The average Bonchev–Trinajstić information content (AvgIpc) is 2.92. The maximum Gasteiger partial charge on any atom is 0.275 e. The minimum atomic E-state index is -0.0218. The van der Waals surface area contributed by atoms with Crippen molar-refractivity contribution in [2.45, 2.75) is 19.9 Å². The van der Waals surface area contributed by atoms with Gasteiger partial charge in [0.05, 0.1) is 7.11 Å². The fraction of sp³-hybridized carbons (Fsp3) is 0.444. The lowest BCUT2D eigenvalue weighted by Crippen LogP contribution is -2.51. The molecule has 0 radical (unpaired) electrons. The number of nitrogens with zero attached hydrogens (tertiary/aromatic N) is 6. The third kappa shape index (κ3) is 4.75. The van der Waals surface area contributed by atoms with Crippen LogP contribution in [0.2, 0.25) is 0 Å². The molecule has 2 aliphatic rings. The summed E-state index contributed by atoms with van der Waals surface area (Å²) in [6.07, 6.45) is 0. The van der Waals surface area contributed by atoms with Crippen molar-refractivity contribution in [2.24, 2.45) is 0 Å². The quantitative estimate of drug-likeness (QED) is 0.563. The first-order chi connectivity index (χ1) is 17.0. The van der Waals surface area contributed by atoms with Crippen LogP contribution in [0.25, 0.3) is 10.8 Å². The highest BCUT2D eigenvalue weighted by atomic mass is 16.5. The first-order valence-corrected chi connectivity index (χ1v) is 12.5. The van der Waals surface area contributed by atoms with Crippen LogP contribution < -0.4 is 14.5 Å². The van der Waals surface area contributed by atoms with Crippen LogP contribution in [0.3, 0.4) is 0 Å². The summed E-state index contributed by atoms with van der Waals surface area (Å²) in [6.45, 7) is 11.1. The van der Waals surface area contributed by atoms with Gasteiger partial charge >= 0.3 is 0 Å². The number of rotatable bonds is 5. The summed E-state index contributed by atoms with van der Waals surface area (Å²) in [5.41, 5.74) is 1.62. The molecule has 2 aromatic carbocycles. The fourth-order valence-corrected chi connectivity index (χ4v) is 5.06. The summed E-state index contributed by atoms with van der Waals surface area (Å²) >= 11 is 0. The smallest absolute Gasteiger partial charge is 0.275 e. The van der Waals surface area contributed by atoms with Crippen LogP contribution in [0.5, 0.6) is 5.75 Å². The van der Waals surface area contributed by atoms with E-state index in [1.807, 2.05) is 35.2 Å². The number of carbonyl (C=O) groups is 1. The monoisotopic (exact) mass is 474 g/mol. The summed E-state index contributed by atoms with van der Waals surface area (Å²) in [6, 6.07) is 16.7. The Morgan fingerprint density at radius 3 is 2.20 bits per heavy atom. The van der Waals surface area contributed by atoms with E-state index in [1.165, 1.54) is 5.69 Å². The Kier molecular flexibility index (Phi) is 6.72. The topological polar surface area (TPSA) is 65.0 Å². The van der Waals surface area contributed by atoms with Gasteiger partial charge in [-0.25, -0.2) is 0 Å². The molecule has 0 N–H and O–H groups in total. The van der Waals surface area contributed by atoms with Crippen LogP contribution in [0, 0.1) is 0 Å². The Labute approximate surface area is 207 Å². The first kappa shape index (κ1) is 23.4. The van der Waals surface area contributed by atoms with Crippen molar-refractivity contribution in [3.8, 4) is 5.75 Å². The Balaban J connectivity index is 1.34. The highest BCUT2D eigenvalue weighted by molar-refractivity contribution is 6.07. The van der Waals surface area contributed by atoms with Crippen LogP contribution in [0.15, 0.2) is 48.5 Å². The number of amides is 1. The zero-order valence-electron chi connectivity index (χ0n) is 20.9. The third-order valence-corrected chi connectivity index (χ3v) is 7.20. The second-order valence-corrected chi connectivity index (χ2v) is 9.52. The fourth-order valence-electron chi connectivity index (χ4n) is 5.06. The molecule has 3 aromatic rings. The van der Waals surface area contributed by atoms with E-state index in [1.54, 1.807) is 7.11 Å². The SMILES string of the molecule is COc1cccc(N2CCN(c3nnc(C(=O)N4CCN(C(C)C)CC4)c4ccccc34)CC2)c1. The molecule has 0 saturated carbocycles. The summed E-state index contributed by atoms with van der Waals surface area (Å²) in [5, 5.41) is 10.9. The van der Waals surface area contributed by atoms with Crippen molar-refractivity contribution in [1.82, 2.24) is 20.0 Å². The Morgan fingerprint density at radius 1 is 0.829 bits per heavy atom. The van der Waals surface area contributed by atoms with Gasteiger partial charge in [0.1, 0.15) is 5.75 Å². The van der Waals surface area contributed by atoms with Crippen LogP contribution in [0.4, 0.5) is 11.5 Å². The van der Waals surface area contributed by atoms with E-state index >= 15 is 0 Å². The highest BCUT2D eigenvalue weighted by Crippen LogP contribution is 2.29. The zero-order chi connectivity index (χ0) is 24.4. The minimum Gasteiger partial charge on any atom is -0.497 e. The number of benzene rings is 2. The van der Waals surface area contributed by atoms with Crippen molar-refractivity contribution < 1.29 is 9.53 Å². The van der Waals surface area contributed by atoms with Gasteiger partial charge < -0.3 is 19.4 Å². The number of hydrogen-bond donors (Lipinski definition) is 0. The predicted molar refractivity (Wildman–Crippen MR) is 140 cm³/mol. The zero-order valence-corrected chi connectivity index (χ0v) is 20.9. The Morgan fingerprint density at radius 2 is 1.51 bits per heavy atom. The van der Waals surface area contributed by atoms with E-state index in [-0.39, 0.29) is 5.91 Å². The molecule has 1 amide bonds. The van der Waals surface area contributed by atoms with Crippen molar-refractivity contribution >= 4 is 28.2 Å². The molecular formula is C27H34N6O2. The van der Waals surface area contributed by atoms with Crippen LogP contribution in [-0.4, -0.2) is 91.4 Å². The second kappa shape index (κ2) is 10.1. The number of anilines is 2. The molecule has 8 heteroatoms. The number of piperazine rings is 2. The molecule has 2 saturated heterocycles. The largest absolute Gasteiger partial charge is 0.497 e. The number of ether oxygens (including phenoxy) is 1. The van der Waals surface area contributed by atoms with Gasteiger partial charge in [-0.2, -0.15) is 0 Å². The molecule has 0 spiro atoms. The molecule has 0 atom stereocenters. The molecule has 35 heavy (non-hydrogen) atoms. The van der Waals surface area contributed by atoms with E-state index in [2.05, 4.69) is 56.9 Å². The molecule has 5 rings (SSSR count). The van der Waals surface area contributed by atoms with Crippen LogP contribution >= 0.6 is 0 Å². The molecule has 184 valence electrons. The van der Waals surface area contributed by atoms with Gasteiger partial charge in [-0.1, -0.05) is 30.3 Å². The van der Waals surface area contributed by atoms with Gasteiger partial charge in [-0.3, -0.25) is 9.69 Å². The van der Waals surface area contributed by atoms with E-state index < -0.39 is 0 Å². The van der Waals surface area contributed by atoms with Crippen molar-refractivity contribution in [3.05, 3.63) is 54.2 Å². The predicted octanol–water partition coefficient (Wildman–Crippen LogP) is 3.13. The van der Waals surface area contributed by atoms with Gasteiger partial charge in [0.25, 0.3) is 5.91 Å². The maximum absolute atomic E-state index is 13.4. The Hall–Kier alpha value is -3.39. The third-order valence-electron chi connectivity index (χ3n) is 7.20. The highest BCUT2D eigenvalue weighted by Gasteiger charge is 2.27. The summed E-state index contributed by atoms with van der Waals surface area (Å²) in [7, 11) is 1.70. The van der Waals surface area contributed by atoms with Gasteiger partial charge in [0, 0.05) is 80.9 Å².